The number of amides is 1. The number of ketones is 4. The van der Waals surface area contributed by atoms with E-state index in [9.17, 15) is 34.2 Å². The zero-order valence-electron chi connectivity index (χ0n) is 19.4. The summed E-state index contributed by atoms with van der Waals surface area (Å²) >= 11 is 0. The highest BCUT2D eigenvalue weighted by Crippen LogP contribution is 2.51. The van der Waals surface area contributed by atoms with Gasteiger partial charge in [-0.25, -0.2) is 0 Å². The van der Waals surface area contributed by atoms with Gasteiger partial charge in [-0.2, -0.15) is 0 Å². The van der Waals surface area contributed by atoms with Gasteiger partial charge in [-0.15, -0.1) is 0 Å². The Bertz CT molecular complexity index is 1280. The highest BCUT2D eigenvalue weighted by atomic mass is 16.3. The lowest BCUT2D eigenvalue weighted by Crippen LogP contribution is -2.74. The number of allylic oxidation sites excluding steroid dienone is 4. The molecule has 0 aromatic heterocycles. The van der Waals surface area contributed by atoms with Crippen LogP contribution in [0.2, 0.25) is 0 Å². The molecule has 9 nitrogen and oxygen atoms in total. The van der Waals surface area contributed by atoms with Gasteiger partial charge in [0.25, 0.3) is 0 Å². The number of benzene rings is 1. The van der Waals surface area contributed by atoms with Crippen molar-refractivity contribution >= 4 is 34.6 Å². The van der Waals surface area contributed by atoms with Crippen molar-refractivity contribution in [3.63, 3.8) is 0 Å². The molecule has 4 aliphatic rings. The zero-order valence-corrected chi connectivity index (χ0v) is 19.4. The molecular formula is C26H26N2O7. The number of phenolic OH excluding ortho intramolecular Hbond substituents is 1. The van der Waals surface area contributed by atoms with E-state index in [1.165, 1.54) is 11.0 Å². The van der Waals surface area contributed by atoms with Gasteiger partial charge in [0, 0.05) is 5.92 Å². The first kappa shape index (κ1) is 23.3. The molecule has 35 heavy (non-hydrogen) atoms. The van der Waals surface area contributed by atoms with Gasteiger partial charge in [0.1, 0.15) is 5.75 Å². The fourth-order valence-electron chi connectivity index (χ4n) is 6.53. The first-order valence-corrected chi connectivity index (χ1v) is 11.6. The Balaban J connectivity index is 1.66. The number of phenols is 1. The molecule has 1 aromatic carbocycles. The number of rotatable bonds is 3. The number of aliphatic hydroxyl groups is 1. The van der Waals surface area contributed by atoms with E-state index in [1.807, 2.05) is 18.2 Å². The molecule has 4 aliphatic carbocycles. The summed E-state index contributed by atoms with van der Waals surface area (Å²) in [6, 6.07) is 2.03. The van der Waals surface area contributed by atoms with E-state index in [-0.39, 0.29) is 24.2 Å². The second-order valence-electron chi connectivity index (χ2n) is 10.1. The van der Waals surface area contributed by atoms with Crippen molar-refractivity contribution < 1.29 is 34.2 Å². The number of carbonyl (C=O) groups is 5. The van der Waals surface area contributed by atoms with Gasteiger partial charge in [-0.1, -0.05) is 24.3 Å². The topological polar surface area (TPSA) is 155 Å². The smallest absolute Gasteiger partial charge is 0.235 e. The summed E-state index contributed by atoms with van der Waals surface area (Å²) in [6.07, 6.45) is 6.93. The van der Waals surface area contributed by atoms with E-state index in [1.54, 1.807) is 20.2 Å². The van der Waals surface area contributed by atoms with Crippen molar-refractivity contribution in [2.75, 3.05) is 14.1 Å². The van der Waals surface area contributed by atoms with E-state index in [4.69, 9.17) is 5.73 Å². The molecule has 182 valence electrons. The molecule has 9 heteroatoms. The third-order valence-electron chi connectivity index (χ3n) is 8.03. The Morgan fingerprint density at radius 1 is 1.14 bits per heavy atom. The third kappa shape index (κ3) is 3.04. The number of nitrogens with zero attached hydrogens (tertiary/aromatic N) is 1. The van der Waals surface area contributed by atoms with Gasteiger partial charge in [0.2, 0.25) is 5.91 Å². The quantitative estimate of drug-likeness (QED) is 0.521. The summed E-state index contributed by atoms with van der Waals surface area (Å²) in [6.45, 7) is 0. The molecule has 1 amide bonds. The van der Waals surface area contributed by atoms with Crippen molar-refractivity contribution in [3.8, 4) is 5.75 Å². The molecule has 0 heterocycles. The molecule has 0 spiro atoms. The van der Waals surface area contributed by atoms with Crippen LogP contribution in [0.5, 0.6) is 5.75 Å². The lowest BCUT2D eigenvalue weighted by atomic mass is 9.52. The predicted molar refractivity (Wildman–Crippen MR) is 123 cm³/mol. The Morgan fingerprint density at radius 3 is 2.46 bits per heavy atom. The minimum Gasteiger partial charge on any atom is -0.507 e. The van der Waals surface area contributed by atoms with Crippen LogP contribution in [-0.4, -0.2) is 69.9 Å². The van der Waals surface area contributed by atoms with Gasteiger partial charge in [-0.05, 0) is 62.0 Å². The standard InChI is InChI=1S/C26H26N2O7/c1-28(2)20-15-10-12-9-14-13(11-5-3-4-6-11)7-8-16(29)18(14)21(30)17(12)23(32)26(15,35)24(33)19(22(20)31)25(27)34/h3,5-8,12,15,17,19-20,29,35H,4,9-10H2,1-2H3,(H2,27,34)/t12-,15-,17?,19?,20-,26-/m0/s1. The van der Waals surface area contributed by atoms with E-state index in [0.717, 1.165) is 17.6 Å². The van der Waals surface area contributed by atoms with Gasteiger partial charge in [0.15, 0.2) is 34.7 Å². The summed E-state index contributed by atoms with van der Waals surface area (Å²) in [5.74, 6) is -10.3. The molecule has 2 fully saturated rings. The second kappa shape index (κ2) is 7.79. The summed E-state index contributed by atoms with van der Waals surface area (Å²) in [5.41, 5.74) is 4.92. The summed E-state index contributed by atoms with van der Waals surface area (Å²) in [4.78, 5) is 67.3. The molecule has 0 aliphatic heterocycles. The van der Waals surface area contributed by atoms with Crippen LogP contribution in [0.1, 0.15) is 34.3 Å². The fraction of sp³-hybridized carbons (Fsp3) is 0.423. The predicted octanol–water partition coefficient (Wildman–Crippen LogP) is 0.210. The largest absolute Gasteiger partial charge is 0.507 e. The maximum absolute atomic E-state index is 13.8. The van der Waals surface area contributed by atoms with Crippen molar-refractivity contribution in [1.29, 1.82) is 0 Å². The monoisotopic (exact) mass is 478 g/mol. The normalized spacial score (nSPS) is 33.9. The molecular weight excluding hydrogens is 452 g/mol. The summed E-state index contributed by atoms with van der Waals surface area (Å²) in [5, 5.41) is 22.1. The molecule has 6 atom stereocenters. The number of hydrogen-bond donors (Lipinski definition) is 3. The highest BCUT2D eigenvalue weighted by molar-refractivity contribution is 6.32. The lowest BCUT2D eigenvalue weighted by Gasteiger charge is -2.52. The minimum atomic E-state index is -2.71. The van der Waals surface area contributed by atoms with Crippen LogP contribution in [0.15, 0.2) is 30.4 Å². The Kier molecular flexibility index (Phi) is 5.19. The first-order valence-electron chi connectivity index (χ1n) is 11.6. The average molecular weight is 479 g/mol. The van der Waals surface area contributed by atoms with Crippen molar-refractivity contribution in [3.05, 3.63) is 47.1 Å². The molecule has 2 saturated carbocycles. The number of carbonyl (C=O) groups excluding carboxylic acids is 5. The lowest BCUT2D eigenvalue weighted by molar-refractivity contribution is -0.181. The van der Waals surface area contributed by atoms with Crippen molar-refractivity contribution in [1.82, 2.24) is 4.90 Å². The van der Waals surface area contributed by atoms with E-state index >= 15 is 0 Å². The maximum Gasteiger partial charge on any atom is 0.235 e. The minimum absolute atomic E-state index is 0.00953. The van der Waals surface area contributed by atoms with E-state index in [0.29, 0.717) is 5.56 Å². The van der Waals surface area contributed by atoms with Crippen LogP contribution in [0, 0.1) is 23.7 Å². The second-order valence-corrected chi connectivity index (χ2v) is 10.1. The molecule has 4 N–H and O–H groups in total. The van der Waals surface area contributed by atoms with E-state index < -0.39 is 64.4 Å². The third-order valence-corrected chi connectivity index (χ3v) is 8.03. The van der Waals surface area contributed by atoms with Gasteiger partial charge in [-0.3, -0.25) is 28.9 Å². The number of nitrogens with two attached hydrogens (primary N) is 1. The van der Waals surface area contributed by atoms with Crippen LogP contribution in [0.25, 0.3) is 5.57 Å². The van der Waals surface area contributed by atoms with Crippen molar-refractivity contribution in [2.24, 2.45) is 29.4 Å². The molecule has 1 aromatic rings. The highest BCUT2D eigenvalue weighted by Gasteiger charge is 2.69. The number of likely N-dealkylation sites (N-methyl/N-ethyl adjacent to an activating group) is 1. The number of fused-ring (bicyclic) bond motifs is 3. The van der Waals surface area contributed by atoms with Gasteiger partial charge < -0.3 is 15.9 Å². The molecule has 0 radical (unpaired) electrons. The van der Waals surface area contributed by atoms with Crippen molar-refractivity contribution in [2.45, 2.75) is 30.9 Å². The average Bonchev–Trinajstić information content (AvgIpc) is 3.30. The van der Waals surface area contributed by atoms with Gasteiger partial charge >= 0.3 is 0 Å². The molecule has 0 bridgehead atoms. The number of hydrogen-bond acceptors (Lipinski definition) is 8. The van der Waals surface area contributed by atoms with Crippen LogP contribution < -0.4 is 5.73 Å². The maximum atomic E-state index is 13.8. The Morgan fingerprint density at radius 2 is 1.86 bits per heavy atom. The van der Waals surface area contributed by atoms with Crippen LogP contribution in [0.4, 0.5) is 0 Å². The molecule has 2 unspecified atom stereocenters. The van der Waals surface area contributed by atoms with Crippen LogP contribution in [0.3, 0.4) is 0 Å². The summed E-state index contributed by atoms with van der Waals surface area (Å²) in [7, 11) is 3.12. The zero-order chi connectivity index (χ0) is 25.4. The Labute approximate surface area is 201 Å². The number of primary amides is 1. The Hall–Kier alpha value is -3.43. The fourth-order valence-corrected chi connectivity index (χ4v) is 6.53. The molecule has 0 saturated heterocycles. The molecule has 5 rings (SSSR count). The number of aromatic hydroxyl groups is 1. The SMILES string of the molecule is CN(C)[C@@H]1C(=O)C(C(N)=O)C(=O)[C@@]2(O)C(=O)C3C(=O)c4c(O)ccc(C5=CCC=C5)c4C[C@H]3C[C@@H]12. The number of Topliss-reactive ketones (excluding diaryl/α,β-unsaturated/α-hetero) is 4. The van der Waals surface area contributed by atoms with Crippen LogP contribution in [-0.2, 0) is 25.6 Å². The van der Waals surface area contributed by atoms with Gasteiger partial charge in [0.05, 0.1) is 17.5 Å². The van der Waals surface area contributed by atoms with E-state index in [2.05, 4.69) is 0 Å². The van der Waals surface area contributed by atoms with Crippen LogP contribution >= 0.6 is 0 Å². The first-order chi connectivity index (χ1) is 16.5. The summed E-state index contributed by atoms with van der Waals surface area (Å²) < 4.78 is 0.